The van der Waals surface area contributed by atoms with E-state index in [4.69, 9.17) is 4.74 Å². The van der Waals surface area contributed by atoms with Gasteiger partial charge < -0.3 is 10.1 Å². The van der Waals surface area contributed by atoms with E-state index in [2.05, 4.69) is 5.32 Å². The van der Waals surface area contributed by atoms with E-state index in [-0.39, 0.29) is 31.4 Å². The van der Waals surface area contributed by atoms with Gasteiger partial charge in [0.05, 0.1) is 12.3 Å². The molecule has 1 fully saturated rings. The van der Waals surface area contributed by atoms with Gasteiger partial charge in [0.2, 0.25) is 0 Å². The summed E-state index contributed by atoms with van der Waals surface area (Å²) in [6.07, 6.45) is -4.57. The van der Waals surface area contributed by atoms with E-state index in [1.165, 1.54) is 12.1 Å². The highest BCUT2D eigenvalue weighted by molar-refractivity contribution is 5.94. The van der Waals surface area contributed by atoms with Crippen molar-refractivity contribution in [2.24, 2.45) is 5.92 Å². The summed E-state index contributed by atoms with van der Waals surface area (Å²) >= 11 is 0. The van der Waals surface area contributed by atoms with Crippen molar-refractivity contribution in [1.29, 1.82) is 0 Å². The van der Waals surface area contributed by atoms with Crippen LogP contribution >= 0.6 is 0 Å². The molecule has 0 radical (unpaired) electrons. The molecule has 1 amide bonds. The summed E-state index contributed by atoms with van der Waals surface area (Å²) in [6, 6.07) is 4.84. The van der Waals surface area contributed by atoms with E-state index in [1.54, 1.807) is 0 Å². The molecule has 1 aliphatic carbocycles. The Hall–Kier alpha value is -2.12. The topological polar surface area (TPSA) is 55.4 Å². The minimum absolute atomic E-state index is 0.0389. The van der Waals surface area contributed by atoms with Gasteiger partial charge in [-0.25, -0.2) is 4.39 Å². The summed E-state index contributed by atoms with van der Waals surface area (Å²) in [5, 5.41) is 2.44. The molecular weight excluding hydrogens is 342 g/mol. The Morgan fingerprint density at radius 3 is 2.40 bits per heavy atom. The number of carbonyl (C=O) groups excluding carboxylic acids is 2. The Kier molecular flexibility index (Phi) is 6.39. The summed E-state index contributed by atoms with van der Waals surface area (Å²) in [5.74, 6) is -3.38. The molecule has 0 spiro atoms. The highest BCUT2D eigenvalue weighted by atomic mass is 19.4. The maximum Gasteiger partial charge on any atom is 0.395 e. The Labute approximate surface area is 142 Å². The molecule has 138 valence electrons. The van der Waals surface area contributed by atoms with Crippen LogP contribution in [0.4, 0.5) is 17.6 Å². The molecule has 0 heterocycles. The number of esters is 1. The highest BCUT2D eigenvalue weighted by Crippen LogP contribution is 2.39. The molecule has 1 N–H and O–H groups in total. The Bertz CT molecular complexity index is 601. The van der Waals surface area contributed by atoms with Crippen LogP contribution in [0.15, 0.2) is 24.3 Å². The lowest BCUT2D eigenvalue weighted by molar-refractivity contribution is -0.216. The molecule has 0 bridgehead atoms. The monoisotopic (exact) mass is 361 g/mol. The number of benzene rings is 1. The number of rotatable bonds is 5. The van der Waals surface area contributed by atoms with Crippen LogP contribution < -0.4 is 5.32 Å². The highest BCUT2D eigenvalue weighted by Gasteiger charge is 2.47. The number of hydrogen-bond acceptors (Lipinski definition) is 3. The van der Waals surface area contributed by atoms with Gasteiger partial charge in [0, 0.05) is 12.1 Å². The van der Waals surface area contributed by atoms with Crippen LogP contribution in [0, 0.1) is 11.7 Å². The lowest BCUT2D eigenvalue weighted by Crippen LogP contribution is -2.39. The smallest absolute Gasteiger partial charge is 0.395 e. The minimum atomic E-state index is -4.39. The first kappa shape index (κ1) is 19.2. The molecule has 1 aromatic carbocycles. The molecule has 2 atom stereocenters. The van der Waals surface area contributed by atoms with Gasteiger partial charge in [0.1, 0.15) is 11.9 Å². The van der Waals surface area contributed by atoms with E-state index >= 15 is 0 Å². The first-order valence-electron chi connectivity index (χ1n) is 8.07. The molecule has 4 nitrogen and oxygen atoms in total. The molecule has 1 aliphatic rings. The maximum atomic E-state index is 12.9. The van der Waals surface area contributed by atoms with Crippen LogP contribution in [0.1, 0.15) is 42.5 Å². The van der Waals surface area contributed by atoms with Crippen LogP contribution in [0.25, 0.3) is 0 Å². The Balaban J connectivity index is 1.78. The zero-order chi connectivity index (χ0) is 18.4. The van der Waals surface area contributed by atoms with Gasteiger partial charge in [-0.1, -0.05) is 6.42 Å². The average Bonchev–Trinajstić information content (AvgIpc) is 2.55. The number of carbonyl (C=O) groups is 2. The first-order chi connectivity index (χ1) is 11.8. The molecule has 0 aliphatic heterocycles. The molecule has 0 saturated heterocycles. The first-order valence-corrected chi connectivity index (χ1v) is 8.07. The second-order valence-electron chi connectivity index (χ2n) is 5.97. The molecule has 0 unspecified atom stereocenters. The van der Waals surface area contributed by atoms with Crippen molar-refractivity contribution in [3.05, 3.63) is 35.6 Å². The van der Waals surface area contributed by atoms with Gasteiger partial charge in [-0.2, -0.15) is 13.2 Å². The maximum absolute atomic E-state index is 12.9. The average molecular weight is 361 g/mol. The molecular formula is C17H19F4NO3. The third kappa shape index (κ3) is 5.72. The summed E-state index contributed by atoms with van der Waals surface area (Å²) in [5.41, 5.74) is 0.221. The lowest BCUT2D eigenvalue weighted by atomic mass is 9.86. The largest absolute Gasteiger partial charge is 0.462 e. The van der Waals surface area contributed by atoms with Crippen LogP contribution in [0.3, 0.4) is 0 Å². The number of halogens is 4. The van der Waals surface area contributed by atoms with Gasteiger partial charge in [0.25, 0.3) is 5.91 Å². The van der Waals surface area contributed by atoms with Crippen molar-refractivity contribution in [2.45, 2.75) is 44.4 Å². The van der Waals surface area contributed by atoms with Crippen LogP contribution in [-0.4, -0.2) is 30.7 Å². The zero-order valence-electron chi connectivity index (χ0n) is 13.4. The van der Waals surface area contributed by atoms with Gasteiger partial charge in [-0.15, -0.1) is 0 Å². The fourth-order valence-corrected chi connectivity index (χ4v) is 2.82. The normalized spacial score (nSPS) is 20.8. The summed E-state index contributed by atoms with van der Waals surface area (Å²) in [4.78, 5) is 23.5. The fourth-order valence-electron chi connectivity index (χ4n) is 2.82. The minimum Gasteiger partial charge on any atom is -0.462 e. The molecule has 2 rings (SSSR count). The standard InChI is InChI=1S/C17H19F4NO3/c18-12-7-5-11(6-8-12)16(24)22-10-9-15(23)25-14-4-2-1-3-13(14)17(19,20)21/h5-8,13-14H,1-4,9-10H2,(H,22,24)/t13-,14+/m0/s1. The van der Waals surface area contributed by atoms with E-state index in [9.17, 15) is 27.2 Å². The number of alkyl halides is 3. The molecule has 1 saturated carbocycles. The van der Waals surface area contributed by atoms with Gasteiger partial charge >= 0.3 is 12.1 Å². The van der Waals surface area contributed by atoms with Crippen molar-refractivity contribution >= 4 is 11.9 Å². The number of amides is 1. The van der Waals surface area contributed by atoms with Crippen LogP contribution in [-0.2, 0) is 9.53 Å². The number of ether oxygens (including phenoxy) is 1. The lowest BCUT2D eigenvalue weighted by Gasteiger charge is -2.32. The predicted molar refractivity (Wildman–Crippen MR) is 81.2 cm³/mol. The van der Waals surface area contributed by atoms with Gasteiger partial charge in [-0.05, 0) is 43.5 Å². The van der Waals surface area contributed by atoms with E-state index in [0.717, 1.165) is 12.1 Å². The van der Waals surface area contributed by atoms with Crippen molar-refractivity contribution in [3.8, 4) is 0 Å². The summed E-state index contributed by atoms with van der Waals surface area (Å²) < 4.78 is 56.6. The van der Waals surface area contributed by atoms with E-state index in [1.807, 2.05) is 0 Å². The molecule has 0 aromatic heterocycles. The SMILES string of the molecule is O=C(CCNC(=O)c1ccc(F)cc1)O[C@@H]1CCCC[C@@H]1C(F)(F)F. The van der Waals surface area contributed by atoms with Crippen molar-refractivity contribution in [2.75, 3.05) is 6.54 Å². The van der Waals surface area contributed by atoms with Crippen molar-refractivity contribution in [3.63, 3.8) is 0 Å². The molecule has 25 heavy (non-hydrogen) atoms. The zero-order valence-corrected chi connectivity index (χ0v) is 13.4. The summed E-state index contributed by atoms with van der Waals surface area (Å²) in [6.45, 7) is -0.0710. The van der Waals surface area contributed by atoms with Gasteiger partial charge in [-0.3, -0.25) is 9.59 Å². The van der Waals surface area contributed by atoms with Gasteiger partial charge in [0.15, 0.2) is 0 Å². The number of hydrogen-bond donors (Lipinski definition) is 1. The van der Waals surface area contributed by atoms with Crippen LogP contribution in [0.2, 0.25) is 0 Å². The Morgan fingerprint density at radius 1 is 1.12 bits per heavy atom. The van der Waals surface area contributed by atoms with E-state index in [0.29, 0.717) is 12.8 Å². The third-order valence-corrected chi connectivity index (χ3v) is 4.13. The second kappa shape index (κ2) is 8.31. The molecule has 1 aromatic rings. The third-order valence-electron chi connectivity index (χ3n) is 4.13. The number of nitrogens with one attached hydrogen (secondary N) is 1. The Morgan fingerprint density at radius 2 is 1.76 bits per heavy atom. The van der Waals surface area contributed by atoms with Crippen molar-refractivity contribution < 1.29 is 31.9 Å². The second-order valence-corrected chi connectivity index (χ2v) is 5.97. The van der Waals surface area contributed by atoms with Crippen LogP contribution in [0.5, 0.6) is 0 Å². The molecule has 8 heteroatoms. The predicted octanol–water partition coefficient (Wildman–Crippen LogP) is 3.61. The fraction of sp³-hybridized carbons (Fsp3) is 0.529. The van der Waals surface area contributed by atoms with Crippen molar-refractivity contribution in [1.82, 2.24) is 5.32 Å². The quantitative estimate of drug-likeness (QED) is 0.644. The summed E-state index contributed by atoms with van der Waals surface area (Å²) in [7, 11) is 0. The van der Waals surface area contributed by atoms with E-state index < -0.39 is 35.9 Å².